The Balaban J connectivity index is 4.09. The van der Waals surface area contributed by atoms with Crippen LogP contribution in [0.3, 0.4) is 0 Å². The topological polar surface area (TPSA) is 29.5 Å². The Labute approximate surface area is 58.8 Å². The van der Waals surface area contributed by atoms with E-state index in [1.54, 1.807) is 0 Å². The Morgan fingerprint density at radius 3 is 1.90 bits per heavy atom. The van der Waals surface area contributed by atoms with Crippen molar-refractivity contribution in [3.05, 3.63) is 0 Å². The normalized spacial score (nSPS) is 15.9. The van der Waals surface area contributed by atoms with Gasteiger partial charge < -0.3 is 9.84 Å². The van der Waals surface area contributed by atoms with Gasteiger partial charge in [-0.25, -0.2) is 8.78 Å². The second kappa shape index (κ2) is 3.25. The third-order valence-corrected chi connectivity index (χ3v) is 1.32. The molecule has 0 aliphatic rings. The first kappa shape index (κ1) is 9.78. The number of aliphatic hydroxyl groups is 1. The second-order valence-corrected chi connectivity index (χ2v) is 2.42. The van der Waals surface area contributed by atoms with Crippen LogP contribution >= 0.6 is 0 Å². The summed E-state index contributed by atoms with van der Waals surface area (Å²) in [4.78, 5) is 0. The van der Waals surface area contributed by atoms with Crippen LogP contribution < -0.4 is 0 Å². The first-order valence-electron chi connectivity index (χ1n) is 3.01. The molecule has 0 aromatic heterocycles. The van der Waals surface area contributed by atoms with E-state index in [9.17, 15) is 8.78 Å². The lowest BCUT2D eigenvalue weighted by atomic mass is 10.1. The number of ether oxygens (including phenoxy) is 1. The Morgan fingerprint density at radius 2 is 1.80 bits per heavy atom. The van der Waals surface area contributed by atoms with E-state index in [1.807, 2.05) is 0 Å². The van der Waals surface area contributed by atoms with E-state index in [2.05, 4.69) is 4.74 Å². The van der Waals surface area contributed by atoms with Crippen molar-refractivity contribution in [3.63, 3.8) is 0 Å². The van der Waals surface area contributed by atoms with Gasteiger partial charge in [0.2, 0.25) is 6.29 Å². The summed E-state index contributed by atoms with van der Waals surface area (Å²) >= 11 is 0. The molecule has 1 unspecified atom stereocenters. The SMILES string of the molecule is COC(O)C(F)(F)C(C)C. The second-order valence-electron chi connectivity index (χ2n) is 2.42. The highest BCUT2D eigenvalue weighted by atomic mass is 19.3. The lowest BCUT2D eigenvalue weighted by molar-refractivity contribution is -0.240. The van der Waals surface area contributed by atoms with Gasteiger partial charge in [0.15, 0.2) is 0 Å². The molecule has 0 saturated carbocycles. The highest BCUT2D eigenvalue weighted by molar-refractivity contribution is 4.72. The van der Waals surface area contributed by atoms with Crippen molar-refractivity contribution in [3.8, 4) is 0 Å². The molecular weight excluding hydrogens is 142 g/mol. The molecule has 0 amide bonds. The summed E-state index contributed by atoms with van der Waals surface area (Å²) in [6, 6.07) is 0. The van der Waals surface area contributed by atoms with E-state index < -0.39 is 18.1 Å². The third kappa shape index (κ3) is 1.88. The third-order valence-electron chi connectivity index (χ3n) is 1.32. The highest BCUT2D eigenvalue weighted by Crippen LogP contribution is 2.27. The fourth-order valence-electron chi connectivity index (χ4n) is 0.442. The van der Waals surface area contributed by atoms with Crippen molar-refractivity contribution in [2.24, 2.45) is 5.92 Å². The van der Waals surface area contributed by atoms with Gasteiger partial charge in [-0.2, -0.15) is 0 Å². The molecule has 62 valence electrons. The van der Waals surface area contributed by atoms with E-state index in [0.717, 1.165) is 7.11 Å². The summed E-state index contributed by atoms with van der Waals surface area (Å²) in [6.45, 7) is 2.64. The summed E-state index contributed by atoms with van der Waals surface area (Å²) in [5, 5.41) is 8.58. The number of methoxy groups -OCH3 is 1. The number of hydrogen-bond donors (Lipinski definition) is 1. The Hall–Kier alpha value is -0.220. The molecule has 0 aliphatic heterocycles. The molecule has 0 bridgehead atoms. The quantitative estimate of drug-likeness (QED) is 0.620. The summed E-state index contributed by atoms with van der Waals surface area (Å²) in [7, 11) is 1.04. The molecule has 1 N–H and O–H groups in total. The highest BCUT2D eigenvalue weighted by Gasteiger charge is 2.42. The Bertz CT molecular complexity index is 104. The summed E-state index contributed by atoms with van der Waals surface area (Å²) in [6.07, 6.45) is -1.99. The lowest BCUT2D eigenvalue weighted by Gasteiger charge is -2.24. The Morgan fingerprint density at radius 1 is 1.40 bits per heavy atom. The van der Waals surface area contributed by atoms with Gasteiger partial charge in [0.25, 0.3) is 5.92 Å². The van der Waals surface area contributed by atoms with Crippen molar-refractivity contribution in [1.29, 1.82) is 0 Å². The molecule has 0 fully saturated rings. The average Bonchev–Trinajstić information content (AvgIpc) is 1.86. The Kier molecular flexibility index (Phi) is 3.18. The number of alkyl halides is 2. The molecule has 0 aromatic rings. The molecule has 4 heteroatoms. The van der Waals surface area contributed by atoms with Crippen LogP contribution in [0.15, 0.2) is 0 Å². The maximum Gasteiger partial charge on any atom is 0.299 e. The number of rotatable bonds is 3. The minimum atomic E-state index is -3.16. The first-order valence-corrected chi connectivity index (χ1v) is 3.01. The fourth-order valence-corrected chi connectivity index (χ4v) is 0.442. The van der Waals surface area contributed by atoms with Crippen molar-refractivity contribution in [1.82, 2.24) is 0 Å². The largest absolute Gasteiger partial charge is 0.363 e. The van der Waals surface area contributed by atoms with Crippen LogP contribution in [-0.4, -0.2) is 24.4 Å². The zero-order valence-electron chi connectivity index (χ0n) is 6.27. The molecule has 0 spiro atoms. The monoisotopic (exact) mass is 154 g/mol. The molecule has 0 aromatic carbocycles. The van der Waals surface area contributed by atoms with Gasteiger partial charge in [-0.15, -0.1) is 0 Å². The molecule has 0 heterocycles. The number of halogens is 2. The fraction of sp³-hybridized carbons (Fsp3) is 1.00. The minimum absolute atomic E-state index is 0.914. The van der Waals surface area contributed by atoms with E-state index in [4.69, 9.17) is 5.11 Å². The number of hydrogen-bond acceptors (Lipinski definition) is 2. The lowest BCUT2D eigenvalue weighted by Crippen LogP contribution is -2.39. The molecular formula is C6H12F2O2. The average molecular weight is 154 g/mol. The van der Waals surface area contributed by atoms with Gasteiger partial charge in [-0.3, -0.25) is 0 Å². The van der Waals surface area contributed by atoms with Crippen LogP contribution in [0.5, 0.6) is 0 Å². The molecule has 0 aliphatic carbocycles. The van der Waals surface area contributed by atoms with Gasteiger partial charge in [-0.1, -0.05) is 13.8 Å². The van der Waals surface area contributed by atoms with Crippen LogP contribution in [0.1, 0.15) is 13.8 Å². The summed E-state index contributed by atoms with van der Waals surface area (Å²) in [5.41, 5.74) is 0. The van der Waals surface area contributed by atoms with Gasteiger partial charge in [0.05, 0.1) is 0 Å². The van der Waals surface area contributed by atoms with Crippen molar-refractivity contribution >= 4 is 0 Å². The van der Waals surface area contributed by atoms with Gasteiger partial charge >= 0.3 is 0 Å². The van der Waals surface area contributed by atoms with Crippen molar-refractivity contribution in [2.75, 3.05) is 7.11 Å². The van der Waals surface area contributed by atoms with Crippen LogP contribution in [0.25, 0.3) is 0 Å². The number of aliphatic hydroxyl groups excluding tert-OH is 1. The predicted octanol–water partition coefficient (Wildman–Crippen LogP) is 1.24. The van der Waals surface area contributed by atoms with Crippen LogP contribution in [0, 0.1) is 5.92 Å². The standard InChI is InChI=1S/C6H12F2O2/c1-4(2)6(7,8)5(9)10-3/h4-5,9H,1-3H3. The van der Waals surface area contributed by atoms with Crippen LogP contribution in [0.4, 0.5) is 8.78 Å². The first-order chi connectivity index (χ1) is 4.42. The molecule has 1 atom stereocenters. The maximum absolute atomic E-state index is 12.6. The van der Waals surface area contributed by atoms with E-state index in [0.29, 0.717) is 0 Å². The van der Waals surface area contributed by atoms with Gasteiger partial charge in [0.1, 0.15) is 0 Å². The molecule has 0 rings (SSSR count). The van der Waals surface area contributed by atoms with Gasteiger partial charge in [0, 0.05) is 13.0 Å². The van der Waals surface area contributed by atoms with Crippen molar-refractivity contribution in [2.45, 2.75) is 26.1 Å². The molecule has 0 radical (unpaired) electrons. The smallest absolute Gasteiger partial charge is 0.299 e. The summed E-state index contributed by atoms with van der Waals surface area (Å²) in [5.74, 6) is -4.07. The van der Waals surface area contributed by atoms with E-state index in [-0.39, 0.29) is 0 Å². The zero-order valence-corrected chi connectivity index (χ0v) is 6.27. The maximum atomic E-state index is 12.6. The van der Waals surface area contributed by atoms with Gasteiger partial charge in [-0.05, 0) is 0 Å². The summed E-state index contributed by atoms with van der Waals surface area (Å²) < 4.78 is 29.2. The molecule has 10 heavy (non-hydrogen) atoms. The van der Waals surface area contributed by atoms with Crippen molar-refractivity contribution < 1.29 is 18.6 Å². The van der Waals surface area contributed by atoms with E-state index in [1.165, 1.54) is 13.8 Å². The minimum Gasteiger partial charge on any atom is -0.363 e. The van der Waals surface area contributed by atoms with E-state index >= 15 is 0 Å². The predicted molar refractivity (Wildman–Crippen MR) is 32.8 cm³/mol. The molecule has 0 saturated heterocycles. The van der Waals surface area contributed by atoms with Crippen LogP contribution in [0.2, 0.25) is 0 Å². The molecule has 2 nitrogen and oxygen atoms in total. The zero-order chi connectivity index (χ0) is 8.36. The van der Waals surface area contributed by atoms with Crippen LogP contribution in [-0.2, 0) is 4.74 Å².